The van der Waals surface area contributed by atoms with Crippen LogP contribution in [0.3, 0.4) is 0 Å². The summed E-state index contributed by atoms with van der Waals surface area (Å²) in [7, 11) is 0. The lowest BCUT2D eigenvalue weighted by atomic mass is 10.2. The van der Waals surface area contributed by atoms with Gasteiger partial charge >= 0.3 is 5.69 Å². The summed E-state index contributed by atoms with van der Waals surface area (Å²) in [4.78, 5) is 19.3. The highest BCUT2D eigenvalue weighted by Crippen LogP contribution is 2.07. The number of pyridine rings is 1. The highest BCUT2D eigenvalue weighted by molar-refractivity contribution is 5.37. The molecule has 0 aromatic carbocycles. The number of nitrogens with zero attached hydrogens (tertiary/aromatic N) is 3. The largest absolute Gasteiger partial charge is 0.370 e. The van der Waals surface area contributed by atoms with Crippen LogP contribution in [0, 0.1) is 0 Å². The van der Waals surface area contributed by atoms with Crippen molar-refractivity contribution in [3.05, 3.63) is 52.8 Å². The first kappa shape index (κ1) is 11.3. The van der Waals surface area contributed by atoms with Crippen LogP contribution in [-0.4, -0.2) is 21.1 Å². The van der Waals surface area contributed by atoms with E-state index in [2.05, 4.69) is 15.3 Å². The predicted octanol–water partition coefficient (Wildman–Crippen LogP) is 1.12. The van der Waals surface area contributed by atoms with Gasteiger partial charge in [0, 0.05) is 25.1 Å². The first-order valence-corrected chi connectivity index (χ1v) is 5.50. The van der Waals surface area contributed by atoms with E-state index in [0.717, 1.165) is 17.9 Å². The molecular formula is C12H14N4O. The average Bonchev–Trinajstić information content (AvgIpc) is 2.33. The van der Waals surface area contributed by atoms with E-state index in [0.29, 0.717) is 6.54 Å². The van der Waals surface area contributed by atoms with Crippen molar-refractivity contribution in [2.75, 3.05) is 11.9 Å². The lowest BCUT2D eigenvalue weighted by Crippen LogP contribution is -2.21. The van der Waals surface area contributed by atoms with Crippen molar-refractivity contribution in [2.45, 2.75) is 13.5 Å². The van der Waals surface area contributed by atoms with Crippen LogP contribution in [0.2, 0.25) is 0 Å². The molecule has 17 heavy (non-hydrogen) atoms. The first-order chi connectivity index (χ1) is 8.29. The van der Waals surface area contributed by atoms with E-state index in [9.17, 15) is 4.79 Å². The topological polar surface area (TPSA) is 59.8 Å². The Morgan fingerprint density at radius 3 is 3.00 bits per heavy atom. The van der Waals surface area contributed by atoms with Crippen LogP contribution in [-0.2, 0) is 6.54 Å². The van der Waals surface area contributed by atoms with Crippen LogP contribution in [0.1, 0.15) is 12.5 Å². The third-order valence-corrected chi connectivity index (χ3v) is 2.32. The molecule has 5 heteroatoms. The van der Waals surface area contributed by atoms with E-state index in [1.165, 1.54) is 6.20 Å². The Morgan fingerprint density at radius 1 is 1.35 bits per heavy atom. The van der Waals surface area contributed by atoms with E-state index in [-0.39, 0.29) is 5.69 Å². The van der Waals surface area contributed by atoms with Crippen molar-refractivity contribution >= 4 is 5.82 Å². The Morgan fingerprint density at radius 2 is 2.24 bits per heavy atom. The summed E-state index contributed by atoms with van der Waals surface area (Å²) in [6, 6.07) is 5.57. The molecule has 0 aliphatic carbocycles. The fourth-order valence-corrected chi connectivity index (χ4v) is 1.55. The Balaban J connectivity index is 2.21. The molecule has 2 rings (SSSR count). The maximum Gasteiger partial charge on any atom is 0.347 e. The highest BCUT2D eigenvalue weighted by atomic mass is 16.1. The molecule has 0 aliphatic rings. The fraction of sp³-hybridized carbons (Fsp3) is 0.250. The average molecular weight is 230 g/mol. The molecule has 0 bridgehead atoms. The summed E-state index contributed by atoms with van der Waals surface area (Å²) in [5, 5.41) is 3.13. The Bertz CT molecular complexity index is 550. The van der Waals surface area contributed by atoms with Gasteiger partial charge in [0.2, 0.25) is 0 Å². The molecular weight excluding hydrogens is 216 g/mol. The minimum absolute atomic E-state index is 0.241. The molecule has 2 aromatic heterocycles. The van der Waals surface area contributed by atoms with E-state index in [1.807, 2.05) is 19.1 Å². The summed E-state index contributed by atoms with van der Waals surface area (Å²) in [6.07, 6.45) is 4.95. The summed E-state index contributed by atoms with van der Waals surface area (Å²) >= 11 is 0. The van der Waals surface area contributed by atoms with Crippen LogP contribution in [0.5, 0.6) is 0 Å². The molecule has 5 nitrogen and oxygen atoms in total. The molecule has 0 spiro atoms. The number of anilines is 1. The van der Waals surface area contributed by atoms with Gasteiger partial charge in [0.25, 0.3) is 0 Å². The van der Waals surface area contributed by atoms with Gasteiger partial charge in [-0.15, -0.1) is 0 Å². The molecule has 88 valence electrons. The molecule has 1 N–H and O–H groups in total. The standard InChI is InChI=1S/C12H14N4O/c1-2-13-11-8-10(4-6-14-11)9-16-7-3-5-15-12(16)17/h3-8H,2,9H2,1H3,(H,13,14). The van der Waals surface area contributed by atoms with Crippen LogP contribution in [0.25, 0.3) is 0 Å². The molecule has 2 heterocycles. The van der Waals surface area contributed by atoms with E-state index in [4.69, 9.17) is 0 Å². The second-order valence-electron chi connectivity index (χ2n) is 3.61. The zero-order chi connectivity index (χ0) is 12.1. The van der Waals surface area contributed by atoms with Gasteiger partial charge in [-0.25, -0.2) is 14.8 Å². The van der Waals surface area contributed by atoms with Crippen molar-refractivity contribution in [1.82, 2.24) is 14.5 Å². The van der Waals surface area contributed by atoms with Gasteiger partial charge in [-0.3, -0.25) is 4.57 Å². The fourth-order valence-electron chi connectivity index (χ4n) is 1.55. The van der Waals surface area contributed by atoms with Gasteiger partial charge in [-0.1, -0.05) is 0 Å². The van der Waals surface area contributed by atoms with Crippen LogP contribution in [0.4, 0.5) is 5.82 Å². The molecule has 0 unspecified atom stereocenters. The molecule has 0 fully saturated rings. The number of nitrogens with one attached hydrogen (secondary N) is 1. The lowest BCUT2D eigenvalue weighted by Gasteiger charge is -2.06. The number of hydrogen-bond donors (Lipinski definition) is 1. The normalized spacial score (nSPS) is 10.2. The summed E-state index contributed by atoms with van der Waals surface area (Å²) in [5.74, 6) is 0.821. The molecule has 0 saturated carbocycles. The monoisotopic (exact) mass is 230 g/mol. The van der Waals surface area contributed by atoms with Crippen molar-refractivity contribution in [3.8, 4) is 0 Å². The maximum absolute atomic E-state index is 11.5. The van der Waals surface area contributed by atoms with Crippen LogP contribution >= 0.6 is 0 Å². The highest BCUT2D eigenvalue weighted by Gasteiger charge is 1.99. The van der Waals surface area contributed by atoms with E-state index < -0.39 is 0 Å². The minimum atomic E-state index is -0.241. The van der Waals surface area contributed by atoms with Crippen molar-refractivity contribution in [2.24, 2.45) is 0 Å². The van der Waals surface area contributed by atoms with Crippen molar-refractivity contribution < 1.29 is 0 Å². The third-order valence-electron chi connectivity index (χ3n) is 2.32. The van der Waals surface area contributed by atoms with Crippen molar-refractivity contribution in [1.29, 1.82) is 0 Å². The summed E-state index contributed by atoms with van der Waals surface area (Å²) < 4.78 is 1.56. The predicted molar refractivity (Wildman–Crippen MR) is 66.0 cm³/mol. The minimum Gasteiger partial charge on any atom is -0.370 e. The van der Waals surface area contributed by atoms with Gasteiger partial charge in [-0.05, 0) is 30.7 Å². The number of rotatable bonds is 4. The lowest BCUT2D eigenvalue weighted by molar-refractivity contribution is 0.726. The quantitative estimate of drug-likeness (QED) is 0.855. The van der Waals surface area contributed by atoms with Gasteiger partial charge in [0.1, 0.15) is 5.82 Å². The van der Waals surface area contributed by atoms with Crippen LogP contribution in [0.15, 0.2) is 41.6 Å². The smallest absolute Gasteiger partial charge is 0.347 e. The summed E-state index contributed by atoms with van der Waals surface area (Å²) in [6.45, 7) is 3.34. The Kier molecular flexibility index (Phi) is 3.49. The second-order valence-corrected chi connectivity index (χ2v) is 3.61. The zero-order valence-corrected chi connectivity index (χ0v) is 9.63. The molecule has 0 radical (unpaired) electrons. The number of aromatic nitrogens is 3. The molecule has 0 atom stereocenters. The zero-order valence-electron chi connectivity index (χ0n) is 9.63. The first-order valence-electron chi connectivity index (χ1n) is 5.50. The SMILES string of the molecule is CCNc1cc(Cn2cccnc2=O)ccn1. The van der Waals surface area contributed by atoms with Gasteiger partial charge < -0.3 is 5.32 Å². The number of hydrogen-bond acceptors (Lipinski definition) is 4. The maximum atomic E-state index is 11.5. The van der Waals surface area contributed by atoms with Crippen molar-refractivity contribution in [3.63, 3.8) is 0 Å². The van der Waals surface area contributed by atoms with E-state index in [1.54, 1.807) is 23.0 Å². The summed E-state index contributed by atoms with van der Waals surface area (Å²) in [5.41, 5.74) is 0.778. The van der Waals surface area contributed by atoms with E-state index >= 15 is 0 Å². The van der Waals surface area contributed by atoms with Crippen LogP contribution < -0.4 is 11.0 Å². The molecule has 0 amide bonds. The Hall–Kier alpha value is -2.17. The van der Waals surface area contributed by atoms with Gasteiger partial charge in [-0.2, -0.15) is 0 Å². The Labute approximate surface area is 99.2 Å². The molecule has 0 saturated heterocycles. The van der Waals surface area contributed by atoms with Gasteiger partial charge in [0.15, 0.2) is 0 Å². The second kappa shape index (κ2) is 5.25. The van der Waals surface area contributed by atoms with Gasteiger partial charge in [0.05, 0.1) is 6.54 Å². The molecule has 2 aromatic rings. The third kappa shape index (κ3) is 2.90. The molecule has 0 aliphatic heterocycles.